The van der Waals surface area contributed by atoms with Crippen LogP contribution in [0.15, 0.2) is 60.9 Å². The van der Waals surface area contributed by atoms with Crippen LogP contribution in [0.5, 0.6) is 5.75 Å². The molecular weight excluding hydrogens is 404 g/mol. The molecule has 32 heavy (non-hydrogen) atoms. The van der Waals surface area contributed by atoms with Gasteiger partial charge >= 0.3 is 6.09 Å². The zero-order valence-corrected chi connectivity index (χ0v) is 18.0. The Morgan fingerprint density at radius 1 is 1.09 bits per heavy atom. The van der Waals surface area contributed by atoms with Gasteiger partial charge in [0.05, 0.1) is 5.52 Å². The van der Waals surface area contributed by atoms with E-state index >= 15 is 0 Å². The molecule has 5 rings (SSSR count). The number of likely N-dealkylation sites (N-methyl/N-ethyl adjacent to an activating group) is 1. The van der Waals surface area contributed by atoms with E-state index in [-0.39, 0.29) is 0 Å². The third kappa shape index (κ3) is 4.23. The second kappa shape index (κ2) is 8.49. The monoisotopic (exact) mass is 430 g/mol. The fourth-order valence-electron chi connectivity index (χ4n) is 4.08. The Morgan fingerprint density at radius 2 is 1.88 bits per heavy atom. The number of aromatic amines is 1. The number of piperazine rings is 1. The van der Waals surface area contributed by atoms with Gasteiger partial charge in [0.15, 0.2) is 5.75 Å². The molecule has 1 saturated heterocycles. The van der Waals surface area contributed by atoms with Crippen molar-refractivity contribution in [3.8, 4) is 22.8 Å². The number of para-hydroxylation sites is 1. The highest BCUT2D eigenvalue weighted by molar-refractivity contribution is 5.87. The normalized spacial score (nSPS) is 15.3. The van der Waals surface area contributed by atoms with E-state index in [0.717, 1.165) is 49.5 Å². The molecule has 2 aromatic carbocycles. The van der Waals surface area contributed by atoms with Crippen molar-refractivity contribution in [2.45, 2.75) is 6.54 Å². The third-order valence-electron chi connectivity index (χ3n) is 5.88. The summed E-state index contributed by atoms with van der Waals surface area (Å²) in [5.74, 6) is 1.05. The fraction of sp³-hybridized carbons (Fsp3) is 0.250. The van der Waals surface area contributed by atoms with Gasteiger partial charge in [-0.3, -0.25) is 4.90 Å². The average Bonchev–Trinajstić information content (AvgIpc) is 3.43. The molecule has 3 N–H and O–H groups in total. The first-order chi connectivity index (χ1) is 15.5. The molecule has 0 aliphatic carbocycles. The van der Waals surface area contributed by atoms with Crippen molar-refractivity contribution in [2.75, 3.05) is 33.2 Å². The number of rotatable bonds is 5. The Kier molecular flexibility index (Phi) is 5.38. The number of aromatic nitrogens is 3. The largest absolute Gasteiger partial charge is 0.410 e. The van der Waals surface area contributed by atoms with E-state index < -0.39 is 6.09 Å². The van der Waals surface area contributed by atoms with Crippen molar-refractivity contribution < 1.29 is 9.53 Å². The minimum Gasteiger partial charge on any atom is -0.408 e. The lowest BCUT2D eigenvalue weighted by Gasteiger charge is -2.32. The molecule has 4 aromatic rings. The van der Waals surface area contributed by atoms with E-state index in [9.17, 15) is 4.79 Å². The minimum atomic E-state index is -0.856. The van der Waals surface area contributed by atoms with Gasteiger partial charge in [-0.15, -0.1) is 0 Å². The van der Waals surface area contributed by atoms with Gasteiger partial charge in [-0.05, 0) is 55.1 Å². The lowest BCUT2D eigenvalue weighted by atomic mass is 10.2. The number of imidazole rings is 1. The van der Waals surface area contributed by atoms with Crippen molar-refractivity contribution in [2.24, 2.45) is 5.73 Å². The summed E-state index contributed by atoms with van der Waals surface area (Å²) < 4.78 is 7.21. The Hall–Kier alpha value is -3.62. The van der Waals surface area contributed by atoms with Crippen molar-refractivity contribution in [3.63, 3.8) is 0 Å². The van der Waals surface area contributed by atoms with Crippen molar-refractivity contribution in [1.29, 1.82) is 0 Å². The van der Waals surface area contributed by atoms with E-state index in [2.05, 4.69) is 62.0 Å². The smallest absolute Gasteiger partial charge is 0.408 e. The number of hydrogen-bond acceptors (Lipinski definition) is 5. The summed E-state index contributed by atoms with van der Waals surface area (Å²) in [5.41, 5.74) is 9.86. The van der Waals surface area contributed by atoms with E-state index in [1.807, 2.05) is 18.2 Å². The van der Waals surface area contributed by atoms with Gasteiger partial charge in [0.1, 0.15) is 11.3 Å². The number of ether oxygens (including phenoxy) is 1. The number of nitrogens with one attached hydrogen (secondary N) is 1. The van der Waals surface area contributed by atoms with E-state index in [1.54, 1.807) is 12.1 Å². The molecule has 3 heterocycles. The molecule has 0 bridgehead atoms. The van der Waals surface area contributed by atoms with Gasteiger partial charge in [-0.1, -0.05) is 6.07 Å². The molecule has 1 aliphatic rings. The average molecular weight is 431 g/mol. The highest BCUT2D eigenvalue weighted by atomic mass is 16.5. The molecule has 0 saturated carbocycles. The van der Waals surface area contributed by atoms with Gasteiger partial charge in [0, 0.05) is 56.4 Å². The molecule has 0 spiro atoms. The van der Waals surface area contributed by atoms with Crippen LogP contribution in [0.2, 0.25) is 0 Å². The number of amides is 1. The first-order valence-corrected chi connectivity index (χ1v) is 10.7. The van der Waals surface area contributed by atoms with Crippen LogP contribution in [0.1, 0.15) is 5.56 Å². The first-order valence-electron chi connectivity index (χ1n) is 10.7. The first kappa shape index (κ1) is 20.3. The molecular formula is C24H26N6O2. The van der Waals surface area contributed by atoms with Crippen molar-refractivity contribution >= 4 is 17.1 Å². The Bertz CT molecular complexity index is 1240. The van der Waals surface area contributed by atoms with Crippen LogP contribution in [0.4, 0.5) is 4.79 Å². The topological polar surface area (TPSA) is 92.4 Å². The molecule has 0 atom stereocenters. The zero-order chi connectivity index (χ0) is 22.1. The van der Waals surface area contributed by atoms with Gasteiger partial charge in [0.2, 0.25) is 0 Å². The summed E-state index contributed by atoms with van der Waals surface area (Å²) in [6, 6.07) is 15.7. The molecule has 8 heteroatoms. The van der Waals surface area contributed by atoms with Gasteiger partial charge in [-0.2, -0.15) is 0 Å². The maximum absolute atomic E-state index is 11.1. The molecule has 0 unspecified atom stereocenters. The predicted octanol–water partition coefficient (Wildman–Crippen LogP) is 3.23. The molecule has 164 valence electrons. The summed E-state index contributed by atoms with van der Waals surface area (Å²) in [4.78, 5) is 23.9. The van der Waals surface area contributed by atoms with Gasteiger partial charge in [0.25, 0.3) is 0 Å². The summed E-state index contributed by atoms with van der Waals surface area (Å²) >= 11 is 0. The zero-order valence-electron chi connectivity index (χ0n) is 18.0. The molecule has 8 nitrogen and oxygen atoms in total. The fourth-order valence-corrected chi connectivity index (χ4v) is 4.08. The number of nitrogens with zero attached hydrogens (tertiary/aromatic N) is 4. The third-order valence-corrected chi connectivity index (χ3v) is 5.88. The van der Waals surface area contributed by atoms with E-state index in [4.69, 9.17) is 10.5 Å². The number of nitrogens with two attached hydrogens (primary N) is 1. The SMILES string of the molecule is CN1CCN(Cc2ccn(-c3ccc(-c4nc5c(OC(N)=O)cccc5[nH]4)cc3)c2)CC1. The highest BCUT2D eigenvalue weighted by Crippen LogP contribution is 2.28. The lowest BCUT2D eigenvalue weighted by Crippen LogP contribution is -2.43. The standard InChI is InChI=1S/C24H26N6O2/c1-28-11-13-29(14-12-28)15-17-9-10-30(16-17)19-7-5-18(6-8-19)23-26-20-3-2-4-21(22(20)27-23)32-24(25)31/h2-10,16H,11-15H2,1H3,(H2,25,31)(H,26,27). The number of fused-ring (bicyclic) bond motifs is 1. The second-order valence-electron chi connectivity index (χ2n) is 8.21. The molecule has 2 aromatic heterocycles. The van der Waals surface area contributed by atoms with Crippen molar-refractivity contribution in [3.05, 3.63) is 66.5 Å². The number of primary amides is 1. The number of H-pyrrole nitrogens is 1. The van der Waals surface area contributed by atoms with Crippen LogP contribution in [0.25, 0.3) is 28.1 Å². The summed E-state index contributed by atoms with van der Waals surface area (Å²) in [6.07, 6.45) is 3.45. The maximum atomic E-state index is 11.1. The predicted molar refractivity (Wildman–Crippen MR) is 124 cm³/mol. The van der Waals surface area contributed by atoms with Crippen LogP contribution in [0.3, 0.4) is 0 Å². The van der Waals surface area contributed by atoms with Crippen LogP contribution < -0.4 is 10.5 Å². The maximum Gasteiger partial charge on any atom is 0.410 e. The van der Waals surface area contributed by atoms with Crippen LogP contribution in [0, 0.1) is 0 Å². The molecule has 1 aliphatic heterocycles. The van der Waals surface area contributed by atoms with Gasteiger partial charge < -0.3 is 24.9 Å². The molecule has 0 radical (unpaired) electrons. The van der Waals surface area contributed by atoms with E-state index in [0.29, 0.717) is 17.1 Å². The summed E-state index contributed by atoms with van der Waals surface area (Å²) in [6.45, 7) is 5.45. The van der Waals surface area contributed by atoms with E-state index in [1.165, 1.54) is 5.56 Å². The van der Waals surface area contributed by atoms with Crippen LogP contribution in [-0.2, 0) is 6.54 Å². The molecule has 1 fully saturated rings. The Morgan fingerprint density at radius 3 is 2.62 bits per heavy atom. The quantitative estimate of drug-likeness (QED) is 0.507. The minimum absolute atomic E-state index is 0.342. The number of carbonyl (C=O) groups excluding carboxylic acids is 1. The molecule has 1 amide bonds. The lowest BCUT2D eigenvalue weighted by molar-refractivity contribution is 0.148. The van der Waals surface area contributed by atoms with Gasteiger partial charge in [-0.25, -0.2) is 9.78 Å². The van der Waals surface area contributed by atoms with Crippen LogP contribution >= 0.6 is 0 Å². The number of benzene rings is 2. The van der Waals surface area contributed by atoms with Crippen molar-refractivity contribution in [1.82, 2.24) is 24.3 Å². The van der Waals surface area contributed by atoms with Crippen LogP contribution in [-0.4, -0.2) is 63.7 Å². The number of hydrogen-bond donors (Lipinski definition) is 2. The number of carbonyl (C=O) groups is 1. The Labute approximate surface area is 186 Å². The Balaban J connectivity index is 1.32. The second-order valence-corrected chi connectivity index (χ2v) is 8.21. The highest BCUT2D eigenvalue weighted by Gasteiger charge is 2.15. The summed E-state index contributed by atoms with van der Waals surface area (Å²) in [5, 5.41) is 0. The summed E-state index contributed by atoms with van der Waals surface area (Å²) in [7, 11) is 2.18.